The maximum Gasteiger partial charge on any atom is -0.147 e. The predicted octanol–water partition coefficient (Wildman–Crippen LogP) is 8.53. The molecule has 0 aromatic rings. The van der Waals surface area contributed by atoms with Crippen LogP contribution in [0.15, 0.2) is 41.0 Å². The van der Waals surface area contributed by atoms with Crippen molar-refractivity contribution in [2.75, 3.05) is 0 Å². The summed E-state index contributed by atoms with van der Waals surface area (Å²) >= 11 is -3.06. The minimum absolute atomic E-state index is 0. The first-order valence-electron chi connectivity index (χ1n) is 11.2. The average Bonchev–Trinajstić information content (AvgIpc) is 3.22. The van der Waals surface area contributed by atoms with E-state index in [1.54, 1.807) is 22.3 Å². The zero-order valence-electron chi connectivity index (χ0n) is 19.2. The van der Waals surface area contributed by atoms with E-state index in [-0.39, 0.29) is 24.8 Å². The van der Waals surface area contributed by atoms with Crippen LogP contribution in [0.4, 0.5) is 0 Å². The summed E-state index contributed by atoms with van der Waals surface area (Å²) in [7, 11) is 0. The van der Waals surface area contributed by atoms with Gasteiger partial charge in [0.2, 0.25) is 0 Å². The monoisotopic (exact) mass is 520 g/mol. The molecule has 28 heavy (non-hydrogen) atoms. The smallest absolute Gasteiger partial charge is 0.147 e. The van der Waals surface area contributed by atoms with Crippen molar-refractivity contribution in [1.82, 2.24) is 0 Å². The maximum absolute atomic E-state index is 3.06. The molecular formula is C24H44Cl2SiZr. The number of allylic oxidation sites excluding steroid dienone is 8. The van der Waals surface area contributed by atoms with Crippen LogP contribution >= 0.6 is 24.8 Å². The van der Waals surface area contributed by atoms with E-state index in [2.05, 4.69) is 56.0 Å². The van der Waals surface area contributed by atoms with Gasteiger partial charge in [0.05, 0.1) is 0 Å². The standard InChI is InChI=1S/2C11H17.2CH3.2ClH.H2Si.Zr/c2*1-3-5-6-11-8-7-10(4-2)9-11;;;;;;/h2*9H,3-7H2,1-2H3;2*1H3;2*1H;1H2;. The predicted molar refractivity (Wildman–Crippen MR) is 134 cm³/mol. The summed E-state index contributed by atoms with van der Waals surface area (Å²) in [6.07, 6.45) is 18.2. The Morgan fingerprint density at radius 2 is 1.11 bits per heavy atom. The Kier molecular flexibility index (Phi) is 12.1. The van der Waals surface area contributed by atoms with Gasteiger partial charge in [-0.3, -0.25) is 0 Å². The third-order valence-electron chi connectivity index (χ3n) is 6.78. The molecule has 0 unspecified atom stereocenters. The summed E-state index contributed by atoms with van der Waals surface area (Å²) < 4.78 is 9.37. The van der Waals surface area contributed by atoms with E-state index in [4.69, 9.17) is 0 Å². The van der Waals surface area contributed by atoms with Crippen LogP contribution in [0, 0.1) is 0 Å². The third-order valence-corrected chi connectivity index (χ3v) is 23.8. The molecule has 0 aliphatic heterocycles. The molecular weight excluding hydrogens is 478 g/mol. The fourth-order valence-electron chi connectivity index (χ4n) is 4.86. The van der Waals surface area contributed by atoms with E-state index in [9.17, 15) is 0 Å². The minimum atomic E-state index is -3.06. The van der Waals surface area contributed by atoms with Crippen molar-refractivity contribution in [2.24, 2.45) is 0 Å². The Labute approximate surface area is 190 Å². The largest absolute Gasteiger partial charge is 0.147 e. The second-order valence-electron chi connectivity index (χ2n) is 9.57. The normalized spacial score (nSPS) is 17.4. The Morgan fingerprint density at radius 1 is 0.750 bits per heavy atom. The van der Waals surface area contributed by atoms with E-state index in [1.807, 2.05) is 6.56 Å². The zero-order chi connectivity index (χ0) is 19.4. The maximum atomic E-state index is 2.75. The summed E-state index contributed by atoms with van der Waals surface area (Å²) in [5.74, 6) is 0. The van der Waals surface area contributed by atoms with E-state index in [1.165, 1.54) is 64.2 Å². The first-order chi connectivity index (χ1) is 12.3. The van der Waals surface area contributed by atoms with Crippen LogP contribution < -0.4 is 0 Å². The molecule has 0 nitrogen and oxygen atoms in total. The van der Waals surface area contributed by atoms with E-state index < -0.39 is 17.4 Å². The average molecular weight is 523 g/mol. The van der Waals surface area contributed by atoms with Gasteiger partial charge in [0.25, 0.3) is 0 Å². The first-order valence-corrected chi connectivity index (χ1v) is 24.5. The Morgan fingerprint density at radius 3 is 1.39 bits per heavy atom. The molecule has 4 heteroatoms. The topological polar surface area (TPSA) is 0 Å². The molecule has 0 amide bonds. The summed E-state index contributed by atoms with van der Waals surface area (Å²) in [6, 6.07) is 0. The van der Waals surface area contributed by atoms with E-state index >= 15 is 0 Å². The quantitative estimate of drug-likeness (QED) is 0.252. The van der Waals surface area contributed by atoms with Gasteiger partial charge in [-0.1, -0.05) is 0 Å². The fourth-order valence-corrected chi connectivity index (χ4v) is 19.9. The van der Waals surface area contributed by atoms with Crippen molar-refractivity contribution in [1.29, 1.82) is 0 Å². The van der Waals surface area contributed by atoms with Gasteiger partial charge in [0.15, 0.2) is 0 Å². The molecule has 0 saturated carbocycles. The van der Waals surface area contributed by atoms with Gasteiger partial charge in [-0.2, -0.15) is 0 Å². The third kappa shape index (κ3) is 6.32. The molecule has 162 valence electrons. The van der Waals surface area contributed by atoms with Crippen LogP contribution in [-0.4, -0.2) is 6.88 Å². The second-order valence-corrected chi connectivity index (χ2v) is 38.3. The van der Waals surface area contributed by atoms with Crippen molar-refractivity contribution in [3.8, 4) is 0 Å². The number of halogens is 2. The molecule has 0 saturated heterocycles. The van der Waals surface area contributed by atoms with Gasteiger partial charge in [0, 0.05) is 0 Å². The Hall–Kier alpha value is 0.640. The van der Waals surface area contributed by atoms with Crippen molar-refractivity contribution in [3.63, 3.8) is 0 Å². The summed E-state index contributed by atoms with van der Waals surface area (Å²) in [4.78, 5) is 0. The molecule has 0 fully saturated rings. The van der Waals surface area contributed by atoms with Gasteiger partial charge < -0.3 is 0 Å². The van der Waals surface area contributed by atoms with Crippen LogP contribution in [0.3, 0.4) is 0 Å². The number of unbranched alkanes of at least 4 members (excludes halogenated alkanes) is 2. The molecule has 0 heterocycles. The van der Waals surface area contributed by atoms with Crippen molar-refractivity contribution in [3.05, 3.63) is 41.0 Å². The van der Waals surface area contributed by atoms with Crippen LogP contribution in [0.25, 0.3) is 0 Å². The van der Waals surface area contributed by atoms with Gasteiger partial charge in [-0.15, -0.1) is 24.8 Å². The van der Waals surface area contributed by atoms with Crippen molar-refractivity contribution >= 4 is 31.7 Å². The van der Waals surface area contributed by atoms with Gasteiger partial charge >= 0.3 is 166 Å². The number of hydrogen-bond acceptors (Lipinski definition) is 0. The second kappa shape index (κ2) is 11.9. The van der Waals surface area contributed by atoms with E-state index in [0.29, 0.717) is 0 Å². The van der Waals surface area contributed by atoms with Crippen molar-refractivity contribution < 1.29 is 17.4 Å². The molecule has 0 aromatic heterocycles. The fraction of sp³-hybridized carbons (Fsp3) is 0.667. The zero-order valence-corrected chi connectivity index (χ0v) is 24.8. The summed E-state index contributed by atoms with van der Waals surface area (Å²) in [5, 5.41) is 0. The molecule has 2 aliphatic rings. The molecule has 0 bridgehead atoms. The SMILES string of the molecule is CCCCC1=[C]([Zr]([CH3])([CH3])(=[SiH2])[C]2=C(CCCC)C=C(CC)C2)CC(CC)=C1.Cl.Cl. The number of rotatable bonds is 10. The summed E-state index contributed by atoms with van der Waals surface area (Å²) in [6.45, 7) is 11.8. The minimum Gasteiger partial charge on any atom is -0.147 e. The molecule has 0 N–H and O–H groups in total. The van der Waals surface area contributed by atoms with E-state index in [0.717, 1.165) is 0 Å². The van der Waals surface area contributed by atoms with Crippen LogP contribution in [0.5, 0.6) is 0 Å². The summed E-state index contributed by atoms with van der Waals surface area (Å²) in [5.41, 5.74) is 6.89. The van der Waals surface area contributed by atoms with Gasteiger partial charge in [-0.25, -0.2) is 0 Å². The molecule has 0 radical (unpaired) electrons. The molecule has 2 rings (SSSR count). The van der Waals surface area contributed by atoms with Gasteiger partial charge in [0.1, 0.15) is 0 Å². The van der Waals surface area contributed by atoms with Crippen LogP contribution in [0.1, 0.15) is 91.9 Å². The van der Waals surface area contributed by atoms with Crippen molar-refractivity contribution in [2.45, 2.75) is 101 Å². The Bertz CT molecular complexity index is 676. The van der Waals surface area contributed by atoms with Gasteiger partial charge in [-0.05, 0) is 0 Å². The molecule has 0 spiro atoms. The Balaban J connectivity index is 0.00000364. The number of hydrogen-bond donors (Lipinski definition) is 0. The van der Waals surface area contributed by atoms with Crippen LogP contribution in [0.2, 0.25) is 9.26 Å². The molecule has 0 atom stereocenters. The molecule has 2 aliphatic carbocycles. The molecule has 0 aromatic carbocycles. The first kappa shape index (κ1) is 28.6. The van der Waals surface area contributed by atoms with Crippen LogP contribution in [-0.2, 0) is 17.4 Å².